The molecular weight excluding hydrogens is 272 g/mol. The number of thiophene rings is 1. The molecule has 0 saturated carbocycles. The monoisotopic (exact) mass is 294 g/mol. The highest BCUT2D eigenvalue weighted by Gasteiger charge is 2.14. The van der Waals surface area contributed by atoms with E-state index in [9.17, 15) is 5.11 Å². The maximum absolute atomic E-state index is 9.19. The summed E-state index contributed by atoms with van der Waals surface area (Å²) in [6, 6.07) is 0.222. The molecule has 2 aromatic heterocycles. The third-order valence-corrected chi connectivity index (χ3v) is 4.43. The second-order valence-electron chi connectivity index (χ2n) is 5.02. The molecule has 4 N–H and O–H groups in total. The minimum atomic E-state index is 0.175. The Bertz CT molecular complexity index is 570. The molecule has 2 rings (SSSR count). The van der Waals surface area contributed by atoms with Gasteiger partial charge in [-0.1, -0.05) is 19.8 Å². The number of rotatable bonds is 7. The molecule has 2 heterocycles. The minimum absolute atomic E-state index is 0.175. The average molecular weight is 294 g/mol. The fourth-order valence-electron chi connectivity index (χ4n) is 2.24. The number of anilines is 2. The number of aliphatic hydroxyl groups excluding tert-OH is 1. The van der Waals surface area contributed by atoms with Crippen molar-refractivity contribution in [2.45, 2.75) is 45.6 Å². The van der Waals surface area contributed by atoms with Crippen LogP contribution in [0.15, 0.2) is 5.38 Å². The molecule has 0 amide bonds. The van der Waals surface area contributed by atoms with Crippen LogP contribution in [0, 0.1) is 6.92 Å². The Hall–Kier alpha value is -1.40. The molecule has 0 saturated heterocycles. The topological polar surface area (TPSA) is 84.1 Å². The fourth-order valence-corrected chi connectivity index (χ4v) is 3.18. The lowest BCUT2D eigenvalue weighted by atomic mass is 10.1. The first-order chi connectivity index (χ1) is 9.65. The van der Waals surface area contributed by atoms with Gasteiger partial charge in [0, 0.05) is 12.6 Å². The Morgan fingerprint density at radius 2 is 2.20 bits per heavy atom. The van der Waals surface area contributed by atoms with Crippen LogP contribution < -0.4 is 11.1 Å². The molecule has 0 bridgehead atoms. The number of nitrogens with one attached hydrogen (secondary N) is 1. The Morgan fingerprint density at radius 1 is 1.40 bits per heavy atom. The number of fused-ring (bicyclic) bond motifs is 1. The van der Waals surface area contributed by atoms with Crippen molar-refractivity contribution in [3.8, 4) is 0 Å². The van der Waals surface area contributed by atoms with Crippen LogP contribution in [0.1, 0.15) is 38.2 Å². The van der Waals surface area contributed by atoms with Gasteiger partial charge in [0.1, 0.15) is 5.82 Å². The molecule has 0 aromatic carbocycles. The van der Waals surface area contributed by atoms with Gasteiger partial charge in [-0.05, 0) is 30.7 Å². The summed E-state index contributed by atoms with van der Waals surface area (Å²) < 4.78 is 1.04. The molecule has 1 atom stereocenters. The van der Waals surface area contributed by atoms with Crippen LogP contribution in [0.3, 0.4) is 0 Å². The van der Waals surface area contributed by atoms with E-state index in [1.807, 2.05) is 6.92 Å². The maximum Gasteiger partial charge on any atom is 0.222 e. The summed E-state index contributed by atoms with van der Waals surface area (Å²) in [6.45, 7) is 4.37. The van der Waals surface area contributed by atoms with Crippen LogP contribution in [-0.2, 0) is 0 Å². The first-order valence-corrected chi connectivity index (χ1v) is 7.92. The van der Waals surface area contributed by atoms with E-state index < -0.39 is 0 Å². The second-order valence-corrected chi connectivity index (χ2v) is 5.90. The number of nitrogen functional groups attached to an aromatic ring is 1. The van der Waals surface area contributed by atoms with Crippen molar-refractivity contribution in [1.82, 2.24) is 9.97 Å². The molecular formula is C14H22N4OS. The molecule has 0 aliphatic heterocycles. The average Bonchev–Trinajstić information content (AvgIpc) is 2.78. The summed E-state index contributed by atoms with van der Waals surface area (Å²) in [5.74, 6) is 1.08. The van der Waals surface area contributed by atoms with Gasteiger partial charge in [0.15, 0.2) is 0 Å². The molecule has 0 radical (unpaired) electrons. The molecule has 20 heavy (non-hydrogen) atoms. The Balaban J connectivity index is 2.26. The number of aromatic nitrogens is 2. The van der Waals surface area contributed by atoms with Crippen LogP contribution in [0.25, 0.3) is 10.2 Å². The molecule has 2 aromatic rings. The number of nitrogens with two attached hydrogens (primary N) is 1. The number of aryl methyl sites for hydroxylation is 1. The quantitative estimate of drug-likeness (QED) is 0.731. The van der Waals surface area contributed by atoms with Crippen LogP contribution in [0.5, 0.6) is 0 Å². The van der Waals surface area contributed by atoms with E-state index in [1.165, 1.54) is 0 Å². The summed E-state index contributed by atoms with van der Waals surface area (Å²) in [5.41, 5.74) is 7.84. The standard InChI is InChI=1S/C14H22N4OS/c1-3-4-5-10(6-7-19)16-13-12-11(9(2)8-20-12)17-14(15)18-13/h8,10,19H,3-7H2,1-2H3,(H3,15,16,17,18). The van der Waals surface area contributed by atoms with Gasteiger partial charge in [-0.15, -0.1) is 11.3 Å². The zero-order valence-corrected chi connectivity index (χ0v) is 12.8. The predicted molar refractivity (Wildman–Crippen MR) is 85.2 cm³/mol. The van der Waals surface area contributed by atoms with E-state index in [0.29, 0.717) is 5.95 Å². The largest absolute Gasteiger partial charge is 0.396 e. The predicted octanol–water partition coefficient (Wildman–Crippen LogP) is 2.94. The Morgan fingerprint density at radius 3 is 2.90 bits per heavy atom. The lowest BCUT2D eigenvalue weighted by Crippen LogP contribution is -2.22. The summed E-state index contributed by atoms with van der Waals surface area (Å²) in [4.78, 5) is 8.63. The highest BCUT2D eigenvalue weighted by atomic mass is 32.1. The highest BCUT2D eigenvalue weighted by molar-refractivity contribution is 7.18. The zero-order valence-electron chi connectivity index (χ0n) is 12.0. The van der Waals surface area contributed by atoms with E-state index in [1.54, 1.807) is 11.3 Å². The smallest absolute Gasteiger partial charge is 0.222 e. The van der Waals surface area contributed by atoms with E-state index in [-0.39, 0.29) is 12.6 Å². The fraction of sp³-hybridized carbons (Fsp3) is 0.571. The van der Waals surface area contributed by atoms with E-state index >= 15 is 0 Å². The maximum atomic E-state index is 9.19. The van der Waals surface area contributed by atoms with Gasteiger partial charge < -0.3 is 16.2 Å². The van der Waals surface area contributed by atoms with Crippen molar-refractivity contribution in [2.24, 2.45) is 0 Å². The van der Waals surface area contributed by atoms with E-state index in [0.717, 1.165) is 47.3 Å². The van der Waals surface area contributed by atoms with Gasteiger partial charge in [0.05, 0.1) is 10.2 Å². The van der Waals surface area contributed by atoms with Gasteiger partial charge in [0.2, 0.25) is 5.95 Å². The third kappa shape index (κ3) is 3.37. The normalized spacial score (nSPS) is 12.8. The van der Waals surface area contributed by atoms with Crippen molar-refractivity contribution >= 4 is 33.3 Å². The number of hydrogen-bond donors (Lipinski definition) is 3. The number of unbranched alkanes of at least 4 members (excludes halogenated alkanes) is 1. The van der Waals surface area contributed by atoms with Gasteiger partial charge in [-0.3, -0.25) is 0 Å². The molecule has 1 unspecified atom stereocenters. The van der Waals surface area contributed by atoms with Gasteiger partial charge in [0.25, 0.3) is 0 Å². The van der Waals surface area contributed by atoms with Crippen molar-refractivity contribution in [1.29, 1.82) is 0 Å². The molecule has 0 aliphatic carbocycles. The van der Waals surface area contributed by atoms with E-state index in [2.05, 4.69) is 27.6 Å². The van der Waals surface area contributed by atoms with E-state index in [4.69, 9.17) is 5.73 Å². The van der Waals surface area contributed by atoms with Crippen LogP contribution in [-0.4, -0.2) is 27.7 Å². The summed E-state index contributed by atoms with van der Waals surface area (Å²) in [7, 11) is 0. The minimum Gasteiger partial charge on any atom is -0.396 e. The first kappa shape index (κ1) is 15.0. The second kappa shape index (κ2) is 6.85. The lowest BCUT2D eigenvalue weighted by Gasteiger charge is -2.18. The molecule has 5 nitrogen and oxygen atoms in total. The number of nitrogens with zero attached hydrogens (tertiary/aromatic N) is 2. The van der Waals surface area contributed by atoms with Gasteiger partial charge in [-0.2, -0.15) is 4.98 Å². The summed E-state index contributed by atoms with van der Waals surface area (Å²) >= 11 is 1.63. The molecule has 0 fully saturated rings. The van der Waals surface area contributed by atoms with Crippen LogP contribution in [0.2, 0.25) is 0 Å². The summed E-state index contributed by atoms with van der Waals surface area (Å²) in [5, 5.41) is 14.7. The molecule has 6 heteroatoms. The van der Waals surface area contributed by atoms with Crippen LogP contribution >= 0.6 is 11.3 Å². The number of aliphatic hydroxyl groups is 1. The number of hydrogen-bond acceptors (Lipinski definition) is 6. The van der Waals surface area contributed by atoms with Gasteiger partial charge in [-0.25, -0.2) is 4.98 Å². The Labute approximate surface area is 123 Å². The lowest BCUT2D eigenvalue weighted by molar-refractivity contribution is 0.276. The molecule has 0 aliphatic rings. The SMILES string of the molecule is CCCCC(CCO)Nc1nc(N)nc2c(C)csc12. The van der Waals surface area contributed by atoms with Crippen LogP contribution in [0.4, 0.5) is 11.8 Å². The van der Waals surface area contributed by atoms with Crippen molar-refractivity contribution in [2.75, 3.05) is 17.7 Å². The van der Waals surface area contributed by atoms with Gasteiger partial charge >= 0.3 is 0 Å². The molecule has 110 valence electrons. The Kier molecular flexibility index (Phi) is 5.14. The highest BCUT2D eigenvalue weighted by Crippen LogP contribution is 2.30. The van der Waals surface area contributed by atoms with Crippen molar-refractivity contribution in [3.63, 3.8) is 0 Å². The first-order valence-electron chi connectivity index (χ1n) is 7.04. The summed E-state index contributed by atoms with van der Waals surface area (Å²) in [6.07, 6.45) is 4.01. The molecule has 0 spiro atoms. The van der Waals surface area contributed by atoms with Crippen molar-refractivity contribution < 1.29 is 5.11 Å². The van der Waals surface area contributed by atoms with Crippen molar-refractivity contribution in [3.05, 3.63) is 10.9 Å². The zero-order chi connectivity index (χ0) is 14.5. The third-order valence-electron chi connectivity index (χ3n) is 3.33.